The normalized spacial score (nSPS) is 20.9. The van der Waals surface area contributed by atoms with Crippen molar-refractivity contribution in [1.29, 1.82) is 0 Å². The van der Waals surface area contributed by atoms with Gasteiger partial charge in [0.25, 0.3) is 10.1 Å². The Kier molecular flexibility index (Phi) is 2.51. The third-order valence-electron chi connectivity index (χ3n) is 2.04. The van der Waals surface area contributed by atoms with Crippen molar-refractivity contribution in [1.82, 2.24) is 0 Å². The van der Waals surface area contributed by atoms with Crippen LogP contribution in [0.4, 0.5) is 0 Å². The lowest BCUT2D eigenvalue weighted by atomic mass is 10.1. The summed E-state index contributed by atoms with van der Waals surface area (Å²) < 4.78 is 30.3. The van der Waals surface area contributed by atoms with E-state index in [1.807, 2.05) is 0 Å². The van der Waals surface area contributed by atoms with Gasteiger partial charge >= 0.3 is 0 Å². The first kappa shape index (κ1) is 10.3. The van der Waals surface area contributed by atoms with E-state index in [2.05, 4.69) is 0 Å². The third-order valence-corrected chi connectivity index (χ3v) is 4.53. The van der Waals surface area contributed by atoms with Gasteiger partial charge in [-0.1, -0.05) is 6.07 Å². The Bertz CT molecular complexity index is 469. The Hall–Kier alpha value is -0.230. The van der Waals surface area contributed by atoms with Gasteiger partial charge in [-0.3, -0.25) is 4.55 Å². The summed E-state index contributed by atoms with van der Waals surface area (Å²) in [6, 6.07) is 4.51. The second-order valence-electron chi connectivity index (χ2n) is 2.96. The van der Waals surface area contributed by atoms with Crippen molar-refractivity contribution in [3.63, 3.8) is 0 Å². The molecule has 6 heteroatoms. The molecule has 1 atom stereocenters. The minimum atomic E-state index is -4.12. The number of rotatable bonds is 1. The van der Waals surface area contributed by atoms with E-state index in [4.69, 9.17) is 16.2 Å². The number of benzene rings is 1. The minimum Gasteiger partial charge on any atom is -0.282 e. The zero-order valence-electron chi connectivity index (χ0n) is 6.97. The van der Waals surface area contributed by atoms with Crippen LogP contribution in [-0.4, -0.2) is 13.0 Å². The Balaban J connectivity index is 2.56. The fourth-order valence-corrected chi connectivity index (χ4v) is 3.22. The van der Waals surface area contributed by atoms with Gasteiger partial charge in [0.1, 0.15) is 4.71 Å². The number of halogens is 1. The number of hydrogen-bond donors (Lipinski definition) is 1. The molecule has 1 unspecified atom stereocenters. The lowest BCUT2D eigenvalue weighted by Gasteiger charge is -2.03. The Morgan fingerprint density at radius 3 is 2.86 bits per heavy atom. The quantitative estimate of drug-likeness (QED) is 0.614. The van der Waals surface area contributed by atoms with Crippen molar-refractivity contribution >= 4 is 33.5 Å². The predicted molar refractivity (Wildman–Crippen MR) is 56.1 cm³/mol. The van der Waals surface area contributed by atoms with Gasteiger partial charge in [-0.05, 0) is 23.3 Å². The van der Waals surface area contributed by atoms with Crippen LogP contribution in [0.2, 0.25) is 0 Å². The molecule has 14 heavy (non-hydrogen) atoms. The summed E-state index contributed by atoms with van der Waals surface area (Å²) in [6.45, 7) is 0. The summed E-state index contributed by atoms with van der Waals surface area (Å²) in [5.74, 6) is 0.787. The van der Waals surface area contributed by atoms with E-state index in [-0.39, 0.29) is 9.60 Å². The second kappa shape index (κ2) is 3.41. The van der Waals surface area contributed by atoms with E-state index in [1.165, 1.54) is 23.9 Å². The zero-order valence-corrected chi connectivity index (χ0v) is 9.36. The topological polar surface area (TPSA) is 54.4 Å². The first-order chi connectivity index (χ1) is 6.48. The lowest BCUT2D eigenvalue weighted by Crippen LogP contribution is -1.99. The molecule has 0 aromatic heterocycles. The molecule has 76 valence electrons. The first-order valence-electron chi connectivity index (χ1n) is 3.84. The molecule has 1 heterocycles. The van der Waals surface area contributed by atoms with Gasteiger partial charge in [0.15, 0.2) is 0 Å². The zero-order chi connectivity index (χ0) is 10.3. The molecule has 0 amide bonds. The summed E-state index contributed by atoms with van der Waals surface area (Å²) in [5.41, 5.74) is 1.81. The molecule has 1 N–H and O–H groups in total. The van der Waals surface area contributed by atoms with Crippen molar-refractivity contribution in [3.05, 3.63) is 29.3 Å². The molecule has 0 spiro atoms. The molecule has 1 aromatic rings. The molecule has 1 aromatic carbocycles. The summed E-state index contributed by atoms with van der Waals surface area (Å²) in [4.78, 5) is -0.0931. The second-order valence-corrected chi connectivity index (χ2v) is 6.17. The highest BCUT2D eigenvalue weighted by molar-refractivity contribution is 8.00. The molecule has 0 radical (unpaired) electrons. The molecule has 0 aliphatic carbocycles. The monoisotopic (exact) mass is 250 g/mol. The Labute approximate surface area is 91.2 Å². The maximum Gasteiger partial charge on any atom is 0.294 e. The SMILES string of the molecule is O=S(=O)(O)c1ccc2c(c1)C(Cl)SC2. The fourth-order valence-electron chi connectivity index (χ4n) is 1.33. The predicted octanol–water partition coefficient (Wildman–Crippen LogP) is 2.42. The maximum atomic E-state index is 10.8. The van der Waals surface area contributed by atoms with Crippen molar-refractivity contribution in [2.45, 2.75) is 15.4 Å². The molecule has 0 saturated heterocycles. The molecule has 3 nitrogen and oxygen atoms in total. The van der Waals surface area contributed by atoms with Crippen LogP contribution in [0.3, 0.4) is 0 Å². The van der Waals surface area contributed by atoms with Gasteiger partial charge in [-0.25, -0.2) is 0 Å². The summed E-state index contributed by atoms with van der Waals surface area (Å²) in [7, 11) is -4.12. The van der Waals surface area contributed by atoms with E-state index >= 15 is 0 Å². The van der Waals surface area contributed by atoms with Gasteiger partial charge in [-0.2, -0.15) is 8.42 Å². The minimum absolute atomic E-state index is 0.0931. The summed E-state index contributed by atoms with van der Waals surface area (Å²) in [5, 5.41) is 0. The van der Waals surface area contributed by atoms with Crippen molar-refractivity contribution < 1.29 is 13.0 Å². The van der Waals surface area contributed by atoms with Gasteiger partial charge < -0.3 is 0 Å². The average Bonchev–Trinajstić information content (AvgIpc) is 2.46. The van der Waals surface area contributed by atoms with Gasteiger partial charge in [-0.15, -0.1) is 23.4 Å². The van der Waals surface area contributed by atoms with E-state index in [0.29, 0.717) is 0 Å². The van der Waals surface area contributed by atoms with Crippen molar-refractivity contribution in [2.75, 3.05) is 0 Å². The summed E-state index contributed by atoms with van der Waals surface area (Å²) >= 11 is 7.49. The smallest absolute Gasteiger partial charge is 0.282 e. The molecule has 1 aliphatic rings. The van der Waals surface area contributed by atoms with Crippen LogP contribution in [0.5, 0.6) is 0 Å². The molecule has 0 saturated carbocycles. The van der Waals surface area contributed by atoms with Crippen LogP contribution in [0, 0.1) is 0 Å². The number of hydrogen-bond acceptors (Lipinski definition) is 3. The summed E-state index contributed by atoms with van der Waals surface area (Å²) in [6.07, 6.45) is 0. The largest absolute Gasteiger partial charge is 0.294 e. The van der Waals surface area contributed by atoms with Crippen molar-refractivity contribution in [2.24, 2.45) is 0 Å². The average molecular weight is 251 g/mol. The standard InChI is InChI=1S/C8H7ClO3S2/c9-8-7-3-6(14(10,11)12)2-1-5(7)4-13-8/h1-3,8H,4H2,(H,10,11,12). The molecule has 1 aliphatic heterocycles. The number of thioether (sulfide) groups is 1. The Morgan fingerprint density at radius 1 is 1.50 bits per heavy atom. The highest BCUT2D eigenvalue weighted by Gasteiger charge is 2.23. The highest BCUT2D eigenvalue weighted by Crippen LogP contribution is 2.44. The van der Waals surface area contributed by atoms with Crippen LogP contribution in [0.15, 0.2) is 23.1 Å². The lowest BCUT2D eigenvalue weighted by molar-refractivity contribution is 0.483. The molecular weight excluding hydrogens is 244 g/mol. The number of fused-ring (bicyclic) bond motifs is 1. The van der Waals surface area contributed by atoms with Gasteiger partial charge in [0.2, 0.25) is 0 Å². The number of alkyl halides is 1. The molecule has 0 bridgehead atoms. The first-order valence-corrected chi connectivity index (χ1v) is 6.77. The van der Waals surface area contributed by atoms with Gasteiger partial charge in [0, 0.05) is 5.75 Å². The van der Waals surface area contributed by atoms with E-state index in [9.17, 15) is 8.42 Å². The van der Waals surface area contributed by atoms with E-state index in [0.717, 1.165) is 16.9 Å². The highest BCUT2D eigenvalue weighted by atomic mass is 35.5. The van der Waals surface area contributed by atoms with Crippen LogP contribution < -0.4 is 0 Å². The maximum absolute atomic E-state index is 10.8. The van der Waals surface area contributed by atoms with E-state index in [1.54, 1.807) is 6.07 Å². The third kappa shape index (κ3) is 1.77. The van der Waals surface area contributed by atoms with Crippen LogP contribution in [0.25, 0.3) is 0 Å². The van der Waals surface area contributed by atoms with Crippen molar-refractivity contribution in [3.8, 4) is 0 Å². The van der Waals surface area contributed by atoms with Crippen LogP contribution in [0.1, 0.15) is 15.8 Å². The Morgan fingerprint density at radius 2 is 2.21 bits per heavy atom. The van der Waals surface area contributed by atoms with Gasteiger partial charge in [0.05, 0.1) is 4.90 Å². The van der Waals surface area contributed by atoms with Crippen LogP contribution >= 0.6 is 23.4 Å². The van der Waals surface area contributed by atoms with Crippen LogP contribution in [-0.2, 0) is 15.9 Å². The molecule has 2 rings (SSSR count). The van der Waals surface area contributed by atoms with E-state index < -0.39 is 10.1 Å². The fraction of sp³-hybridized carbons (Fsp3) is 0.250. The molecule has 0 fully saturated rings. The molecular formula is C8H7ClO3S2.